The Labute approximate surface area is 167 Å². The van der Waals surface area contributed by atoms with E-state index in [1.54, 1.807) is 54.6 Å². The van der Waals surface area contributed by atoms with Crippen LogP contribution in [0.1, 0.15) is 26.3 Å². The maximum atomic E-state index is 12.3. The molecule has 29 heavy (non-hydrogen) atoms. The zero-order chi connectivity index (χ0) is 20.4. The molecule has 0 bridgehead atoms. The first kappa shape index (κ1) is 18.6. The summed E-state index contributed by atoms with van der Waals surface area (Å²) < 4.78 is 29.6. The number of amides is 2. The van der Waals surface area contributed by atoms with Crippen LogP contribution in [0.25, 0.3) is 0 Å². The van der Waals surface area contributed by atoms with Crippen molar-refractivity contribution in [2.45, 2.75) is 4.90 Å². The minimum absolute atomic E-state index is 0.0521. The Morgan fingerprint density at radius 2 is 1.31 bits per heavy atom. The first-order valence-electron chi connectivity index (χ1n) is 8.57. The molecule has 4 rings (SSSR count). The quantitative estimate of drug-likeness (QED) is 0.369. The maximum Gasteiger partial charge on any atom is 0.339 e. The van der Waals surface area contributed by atoms with Crippen molar-refractivity contribution in [3.8, 4) is 5.75 Å². The van der Waals surface area contributed by atoms with Crippen molar-refractivity contribution < 1.29 is 22.2 Å². The van der Waals surface area contributed by atoms with E-state index in [2.05, 4.69) is 5.10 Å². The fourth-order valence-corrected chi connectivity index (χ4v) is 3.73. The highest BCUT2D eigenvalue weighted by atomic mass is 32.2. The van der Waals surface area contributed by atoms with Crippen LogP contribution in [0.4, 0.5) is 0 Å². The van der Waals surface area contributed by atoms with Crippen LogP contribution in [-0.2, 0) is 10.1 Å². The summed E-state index contributed by atoms with van der Waals surface area (Å²) in [5, 5.41) is 4.77. The Morgan fingerprint density at radius 3 is 1.90 bits per heavy atom. The molecule has 0 fully saturated rings. The molecule has 0 spiro atoms. The molecule has 3 aromatic carbocycles. The molecule has 0 aliphatic carbocycles. The lowest BCUT2D eigenvalue weighted by molar-refractivity contribution is 0.0660. The van der Waals surface area contributed by atoms with E-state index in [4.69, 9.17) is 4.18 Å². The zero-order valence-corrected chi connectivity index (χ0v) is 15.7. The summed E-state index contributed by atoms with van der Waals surface area (Å²) in [6.07, 6.45) is 1.34. The van der Waals surface area contributed by atoms with Crippen molar-refractivity contribution in [1.29, 1.82) is 0 Å². The average Bonchev–Trinajstić information content (AvgIpc) is 2.98. The van der Waals surface area contributed by atoms with Gasteiger partial charge >= 0.3 is 10.1 Å². The van der Waals surface area contributed by atoms with Gasteiger partial charge in [0.25, 0.3) is 11.8 Å². The summed E-state index contributed by atoms with van der Waals surface area (Å²) in [6, 6.07) is 20.4. The topological polar surface area (TPSA) is 93.1 Å². The fourth-order valence-electron chi connectivity index (χ4n) is 2.78. The van der Waals surface area contributed by atoms with E-state index < -0.39 is 21.9 Å². The minimum atomic E-state index is -3.93. The zero-order valence-electron chi connectivity index (χ0n) is 14.9. The molecule has 0 atom stereocenters. The molecule has 1 aliphatic rings. The van der Waals surface area contributed by atoms with Crippen LogP contribution in [0.2, 0.25) is 0 Å². The molecule has 0 radical (unpaired) electrons. The Kier molecular flexibility index (Phi) is 4.69. The molecule has 0 aromatic heterocycles. The molecule has 0 unspecified atom stereocenters. The second-order valence-corrected chi connectivity index (χ2v) is 7.68. The molecule has 144 valence electrons. The maximum absolute atomic E-state index is 12.3. The molecular formula is C21H14N2O5S. The number of hydrogen-bond donors (Lipinski definition) is 0. The van der Waals surface area contributed by atoms with Gasteiger partial charge in [0.2, 0.25) is 0 Å². The van der Waals surface area contributed by atoms with Gasteiger partial charge in [0, 0.05) is 0 Å². The van der Waals surface area contributed by atoms with E-state index >= 15 is 0 Å². The number of fused-ring (bicyclic) bond motifs is 1. The summed E-state index contributed by atoms with van der Waals surface area (Å²) in [5.41, 5.74) is 1.18. The number of imide groups is 1. The van der Waals surface area contributed by atoms with E-state index in [1.807, 2.05) is 0 Å². The first-order valence-corrected chi connectivity index (χ1v) is 9.98. The van der Waals surface area contributed by atoms with Crippen LogP contribution in [0.5, 0.6) is 5.75 Å². The molecule has 2 amide bonds. The molecule has 0 saturated carbocycles. The number of carbonyl (C=O) groups is 2. The smallest absolute Gasteiger partial charge is 0.339 e. The van der Waals surface area contributed by atoms with Gasteiger partial charge in [0.05, 0.1) is 17.3 Å². The molecule has 0 N–H and O–H groups in total. The number of hydrazone groups is 1. The lowest BCUT2D eigenvalue weighted by Crippen LogP contribution is -2.23. The Hall–Kier alpha value is -3.78. The Bertz CT molecular complexity index is 1180. The predicted molar refractivity (Wildman–Crippen MR) is 105 cm³/mol. The third-order valence-electron chi connectivity index (χ3n) is 4.21. The third kappa shape index (κ3) is 3.65. The Morgan fingerprint density at radius 1 is 0.759 bits per heavy atom. The fraction of sp³-hybridized carbons (Fsp3) is 0. The summed E-state index contributed by atoms with van der Waals surface area (Å²) in [7, 11) is -3.93. The van der Waals surface area contributed by atoms with Gasteiger partial charge < -0.3 is 4.18 Å². The second-order valence-electron chi connectivity index (χ2n) is 6.13. The molecule has 1 aliphatic heterocycles. The van der Waals surface area contributed by atoms with Crippen LogP contribution in [0.15, 0.2) is 88.9 Å². The summed E-state index contributed by atoms with van der Waals surface area (Å²) in [4.78, 5) is 24.6. The molecular weight excluding hydrogens is 392 g/mol. The van der Waals surface area contributed by atoms with E-state index in [0.29, 0.717) is 16.7 Å². The van der Waals surface area contributed by atoms with Gasteiger partial charge in [0.1, 0.15) is 10.6 Å². The standard InChI is InChI=1S/C21H14N2O5S/c24-20-18-8-4-5-9-19(18)21(25)23(20)22-14-15-10-12-16(13-11-15)28-29(26,27)17-6-2-1-3-7-17/h1-14H/b22-14+. The van der Waals surface area contributed by atoms with Gasteiger partial charge in [0.15, 0.2) is 0 Å². The van der Waals surface area contributed by atoms with E-state index in [0.717, 1.165) is 5.01 Å². The first-order chi connectivity index (χ1) is 14.0. The van der Waals surface area contributed by atoms with E-state index in [9.17, 15) is 18.0 Å². The van der Waals surface area contributed by atoms with Gasteiger partial charge in [-0.15, -0.1) is 0 Å². The number of benzene rings is 3. The van der Waals surface area contributed by atoms with Gasteiger partial charge in [-0.3, -0.25) is 9.59 Å². The van der Waals surface area contributed by atoms with Crippen molar-refractivity contribution >= 4 is 28.1 Å². The molecule has 1 heterocycles. The average molecular weight is 406 g/mol. The molecule has 0 saturated heterocycles. The second kappa shape index (κ2) is 7.33. The lowest BCUT2D eigenvalue weighted by Gasteiger charge is -2.07. The van der Waals surface area contributed by atoms with Crippen molar-refractivity contribution in [3.05, 3.63) is 95.6 Å². The summed E-state index contributed by atoms with van der Waals surface area (Å²) in [6.45, 7) is 0. The number of nitrogens with zero attached hydrogens (tertiary/aromatic N) is 2. The monoisotopic (exact) mass is 406 g/mol. The highest BCUT2D eigenvalue weighted by molar-refractivity contribution is 7.87. The number of rotatable bonds is 5. The minimum Gasteiger partial charge on any atom is -0.379 e. The molecule has 8 heteroatoms. The summed E-state index contributed by atoms with van der Waals surface area (Å²) in [5.74, 6) is -0.849. The van der Waals surface area contributed by atoms with Crippen LogP contribution in [-0.4, -0.2) is 31.5 Å². The highest BCUT2D eigenvalue weighted by Crippen LogP contribution is 2.23. The van der Waals surface area contributed by atoms with E-state index in [1.165, 1.54) is 30.5 Å². The van der Waals surface area contributed by atoms with Crippen LogP contribution >= 0.6 is 0 Å². The van der Waals surface area contributed by atoms with Gasteiger partial charge in [-0.25, -0.2) is 0 Å². The van der Waals surface area contributed by atoms with Gasteiger partial charge in [-0.05, 0) is 54.1 Å². The summed E-state index contributed by atoms with van der Waals surface area (Å²) >= 11 is 0. The molecule has 3 aromatic rings. The highest BCUT2D eigenvalue weighted by Gasteiger charge is 2.35. The van der Waals surface area contributed by atoms with Crippen LogP contribution in [0.3, 0.4) is 0 Å². The van der Waals surface area contributed by atoms with Crippen LogP contribution < -0.4 is 4.18 Å². The van der Waals surface area contributed by atoms with Crippen LogP contribution in [0, 0.1) is 0 Å². The number of carbonyl (C=O) groups excluding carboxylic acids is 2. The van der Waals surface area contributed by atoms with Crippen molar-refractivity contribution in [2.24, 2.45) is 5.10 Å². The lowest BCUT2D eigenvalue weighted by atomic mass is 10.1. The number of hydrogen-bond acceptors (Lipinski definition) is 6. The normalized spacial score (nSPS) is 13.7. The van der Waals surface area contributed by atoms with E-state index in [-0.39, 0.29) is 10.6 Å². The van der Waals surface area contributed by atoms with Crippen molar-refractivity contribution in [2.75, 3.05) is 0 Å². The van der Waals surface area contributed by atoms with Gasteiger partial charge in [-0.2, -0.15) is 18.5 Å². The molecule has 7 nitrogen and oxygen atoms in total. The van der Waals surface area contributed by atoms with Crippen molar-refractivity contribution in [3.63, 3.8) is 0 Å². The van der Waals surface area contributed by atoms with Crippen molar-refractivity contribution in [1.82, 2.24) is 5.01 Å². The van der Waals surface area contributed by atoms with Gasteiger partial charge in [-0.1, -0.05) is 30.3 Å². The third-order valence-corrected chi connectivity index (χ3v) is 5.47. The largest absolute Gasteiger partial charge is 0.379 e. The SMILES string of the molecule is O=C1c2ccccc2C(=O)N1/N=C/c1ccc(OS(=O)(=O)c2ccccc2)cc1. The predicted octanol–water partition coefficient (Wildman–Crippen LogP) is 3.08. The Balaban J connectivity index is 1.48.